The van der Waals surface area contributed by atoms with Crippen LogP contribution in [-0.2, 0) is 9.93 Å². The highest BCUT2D eigenvalue weighted by molar-refractivity contribution is 8.80. The van der Waals surface area contributed by atoms with Crippen molar-refractivity contribution in [3.05, 3.63) is 35.2 Å². The fourth-order valence-corrected chi connectivity index (χ4v) is 3.70. The predicted octanol–water partition coefficient (Wildman–Crippen LogP) is 2.97. The number of carboxylic acid groups (broad SMARTS) is 1. The summed E-state index contributed by atoms with van der Waals surface area (Å²) in [5.41, 5.74) is 1.11. The van der Waals surface area contributed by atoms with Crippen LogP contribution in [0, 0.1) is 0 Å². The minimum Gasteiger partial charge on any atom is -0.440 e. The molecule has 0 saturated carbocycles. The molecule has 2 nitrogen and oxygen atoms in total. The third-order valence-corrected chi connectivity index (χ3v) is 4.94. The minimum absolute atomic E-state index is 0.705. The van der Waals surface area contributed by atoms with Crippen LogP contribution in [0.5, 0.6) is 0 Å². The molecule has 1 aliphatic heterocycles. The van der Waals surface area contributed by atoms with Crippen molar-refractivity contribution in [2.45, 2.75) is 4.90 Å². The summed E-state index contributed by atoms with van der Waals surface area (Å²) in [5, 5.41) is 9.80. The lowest BCUT2D eigenvalue weighted by Gasteiger charge is -2.04. The van der Waals surface area contributed by atoms with E-state index >= 15 is 0 Å². The topological polar surface area (TPSA) is 37.3 Å². The number of fused-ring (bicyclic) bond motifs is 1. The molecule has 0 saturated heterocycles. The van der Waals surface area contributed by atoms with Crippen LogP contribution < -0.4 is 0 Å². The number of hydrogen-bond acceptors (Lipinski definition) is 2. The van der Waals surface area contributed by atoms with E-state index in [0.717, 1.165) is 10.5 Å². The molecule has 1 aromatic carbocycles. The van der Waals surface area contributed by atoms with E-state index < -0.39 is 15.2 Å². The van der Waals surface area contributed by atoms with Crippen LogP contribution in [0.3, 0.4) is 0 Å². The Hall–Kier alpha value is -0.870. The molecule has 2 rings (SSSR count). The molecule has 1 aromatic rings. The van der Waals surface area contributed by atoms with Gasteiger partial charge in [0, 0.05) is 0 Å². The van der Waals surface area contributed by atoms with Gasteiger partial charge in [0.2, 0.25) is 9.93 Å². The molecule has 4 heteroatoms. The van der Waals surface area contributed by atoms with E-state index in [1.807, 2.05) is 30.3 Å². The highest BCUT2D eigenvalue weighted by Crippen LogP contribution is 2.36. The van der Waals surface area contributed by atoms with Crippen LogP contribution in [0.15, 0.2) is 34.6 Å². The number of hydrogen-bond donors (Lipinski definition) is 1. The zero-order chi connectivity index (χ0) is 9.26. The molecule has 0 fully saturated rings. The van der Waals surface area contributed by atoms with E-state index in [9.17, 15) is 4.79 Å². The molecule has 0 bridgehead atoms. The van der Waals surface area contributed by atoms with Gasteiger partial charge in [0.25, 0.3) is 0 Å². The molecule has 66 valence electrons. The summed E-state index contributed by atoms with van der Waals surface area (Å²) in [5.74, 6) is 0. The maximum atomic E-state index is 10.7. The van der Waals surface area contributed by atoms with Gasteiger partial charge in [-0.1, -0.05) is 18.2 Å². The Morgan fingerprint density at radius 3 is 2.92 bits per heavy atom. The molecule has 0 aliphatic carbocycles. The summed E-state index contributed by atoms with van der Waals surface area (Å²) < 4.78 is 0. The average Bonchev–Trinajstić information content (AvgIpc) is 2.17. The largest absolute Gasteiger partial charge is 0.541 e. The standard InChI is InChI=1S/C9H6O2S2/c10-9(11)13-6-5-7-3-1-2-4-8(7)12-13/h1-6H/p+1. The van der Waals surface area contributed by atoms with E-state index in [1.165, 1.54) is 10.8 Å². The third kappa shape index (κ3) is 1.73. The van der Waals surface area contributed by atoms with E-state index in [0.29, 0.717) is 0 Å². The van der Waals surface area contributed by atoms with Gasteiger partial charge >= 0.3 is 5.30 Å². The number of carbonyl (C=O) groups is 1. The zero-order valence-corrected chi connectivity index (χ0v) is 8.27. The predicted molar refractivity (Wildman–Crippen MR) is 56.7 cm³/mol. The monoisotopic (exact) mass is 211 g/mol. The quantitative estimate of drug-likeness (QED) is 0.529. The van der Waals surface area contributed by atoms with Gasteiger partial charge in [0.05, 0.1) is 4.90 Å². The maximum absolute atomic E-state index is 10.7. The Labute approximate surface area is 82.4 Å². The summed E-state index contributed by atoms with van der Waals surface area (Å²) in [7, 11) is 0.702. The molecule has 13 heavy (non-hydrogen) atoms. The van der Waals surface area contributed by atoms with Crippen molar-refractivity contribution in [2.24, 2.45) is 0 Å². The minimum atomic E-state index is -0.754. The second-order valence-corrected chi connectivity index (χ2v) is 5.89. The van der Waals surface area contributed by atoms with Gasteiger partial charge in [-0.05, 0) is 17.7 Å². The van der Waals surface area contributed by atoms with Gasteiger partial charge in [-0.15, -0.1) is 0 Å². The van der Waals surface area contributed by atoms with Crippen molar-refractivity contribution in [3.63, 3.8) is 0 Å². The fourth-order valence-electron chi connectivity index (χ4n) is 1.05. The summed E-state index contributed by atoms with van der Waals surface area (Å²) in [6, 6.07) is 7.82. The Balaban J connectivity index is 2.34. The molecule has 0 radical (unpaired) electrons. The summed E-state index contributed by atoms with van der Waals surface area (Å²) in [4.78, 5) is 11.8. The van der Waals surface area contributed by atoms with Crippen LogP contribution in [-0.4, -0.2) is 10.4 Å². The van der Waals surface area contributed by atoms with E-state index in [1.54, 1.807) is 5.41 Å². The van der Waals surface area contributed by atoms with Crippen LogP contribution in [0.1, 0.15) is 5.56 Å². The molecular formula is C9H7O2S2+. The Morgan fingerprint density at radius 1 is 1.38 bits per heavy atom. The zero-order valence-electron chi connectivity index (χ0n) is 6.64. The summed E-state index contributed by atoms with van der Waals surface area (Å²) >= 11 is 0. The SMILES string of the molecule is O=C(O)[S+]1C=Cc2ccccc2S1. The van der Waals surface area contributed by atoms with E-state index in [-0.39, 0.29) is 0 Å². The van der Waals surface area contributed by atoms with Gasteiger partial charge in [-0.25, -0.2) is 0 Å². The van der Waals surface area contributed by atoms with Gasteiger partial charge in [-0.2, -0.15) is 4.79 Å². The molecule has 1 unspecified atom stereocenters. The first-order valence-electron chi connectivity index (χ1n) is 3.69. The highest BCUT2D eigenvalue weighted by atomic mass is 33.1. The fraction of sp³-hybridized carbons (Fsp3) is 0. The Bertz CT molecular complexity index is 374. The van der Waals surface area contributed by atoms with Crippen molar-refractivity contribution in [1.29, 1.82) is 0 Å². The van der Waals surface area contributed by atoms with Gasteiger partial charge in [0.15, 0.2) is 0 Å². The second kappa shape index (κ2) is 3.47. The van der Waals surface area contributed by atoms with Crippen molar-refractivity contribution < 1.29 is 9.90 Å². The molecule has 1 N–H and O–H groups in total. The van der Waals surface area contributed by atoms with Gasteiger partial charge < -0.3 is 5.11 Å². The van der Waals surface area contributed by atoms with Crippen molar-refractivity contribution in [2.75, 3.05) is 0 Å². The van der Waals surface area contributed by atoms with Crippen LogP contribution >= 0.6 is 10.8 Å². The molecule has 0 aromatic heterocycles. The van der Waals surface area contributed by atoms with Crippen molar-refractivity contribution in [3.8, 4) is 0 Å². The van der Waals surface area contributed by atoms with Crippen molar-refractivity contribution >= 4 is 32.1 Å². The number of rotatable bonds is 0. The first-order chi connectivity index (χ1) is 6.27. The smallest absolute Gasteiger partial charge is 0.440 e. The Morgan fingerprint density at radius 2 is 2.15 bits per heavy atom. The lowest BCUT2D eigenvalue weighted by molar-refractivity contribution is 0.222. The maximum Gasteiger partial charge on any atom is 0.541 e. The second-order valence-electron chi connectivity index (χ2n) is 2.49. The van der Waals surface area contributed by atoms with Crippen molar-refractivity contribution in [1.82, 2.24) is 0 Å². The van der Waals surface area contributed by atoms with Gasteiger partial charge in [-0.3, -0.25) is 0 Å². The molecule has 1 heterocycles. The van der Waals surface area contributed by atoms with Crippen LogP contribution in [0.25, 0.3) is 6.08 Å². The lowest BCUT2D eigenvalue weighted by Crippen LogP contribution is -2.07. The molecule has 0 spiro atoms. The third-order valence-electron chi connectivity index (χ3n) is 1.64. The summed E-state index contributed by atoms with van der Waals surface area (Å²) in [6.07, 6.45) is 1.88. The molecular weight excluding hydrogens is 204 g/mol. The van der Waals surface area contributed by atoms with Crippen LogP contribution in [0.2, 0.25) is 0 Å². The summed E-state index contributed by atoms with van der Waals surface area (Å²) in [6.45, 7) is 0. The lowest BCUT2D eigenvalue weighted by atomic mass is 10.2. The molecule has 1 aliphatic rings. The molecule has 1 atom stereocenters. The van der Waals surface area contributed by atoms with E-state index in [2.05, 4.69) is 0 Å². The molecule has 0 amide bonds. The average molecular weight is 211 g/mol. The first kappa shape index (κ1) is 8.72. The first-order valence-corrected chi connectivity index (χ1v) is 6.31. The van der Waals surface area contributed by atoms with Crippen LogP contribution in [0.4, 0.5) is 4.79 Å². The van der Waals surface area contributed by atoms with Gasteiger partial charge in [0.1, 0.15) is 16.2 Å². The van der Waals surface area contributed by atoms with E-state index in [4.69, 9.17) is 5.11 Å². The highest BCUT2D eigenvalue weighted by Gasteiger charge is 2.32. The normalized spacial score (nSPS) is 19.5. The number of benzene rings is 1. The Kier molecular flexibility index (Phi) is 2.33.